The fraction of sp³-hybridized carbons (Fsp3) is 0.167. The number of rotatable bonds is 6. The van der Waals surface area contributed by atoms with Crippen molar-refractivity contribution in [1.29, 1.82) is 0 Å². The van der Waals surface area contributed by atoms with E-state index < -0.39 is 6.10 Å². The summed E-state index contributed by atoms with van der Waals surface area (Å²) in [6, 6.07) is 19.7. The Kier molecular flexibility index (Phi) is 4.63. The van der Waals surface area contributed by atoms with Gasteiger partial charge in [0.1, 0.15) is 18.8 Å². The van der Waals surface area contributed by atoms with Gasteiger partial charge in [-0.25, -0.2) is 4.98 Å². The van der Waals surface area contributed by atoms with Crippen molar-refractivity contribution >= 4 is 0 Å². The molecular weight excluding hydrogens is 278 g/mol. The number of hydrogen-bond donors (Lipinski definition) is 0. The second-order valence-corrected chi connectivity index (χ2v) is 4.80. The Bertz CT molecular complexity index is 695. The van der Waals surface area contributed by atoms with Crippen LogP contribution in [0.1, 0.15) is 17.6 Å². The van der Waals surface area contributed by atoms with E-state index in [1.165, 1.54) is 0 Å². The van der Waals surface area contributed by atoms with Gasteiger partial charge in [-0.3, -0.25) is 0 Å². The zero-order chi connectivity index (χ0) is 15.2. The smallest absolute Gasteiger partial charge is 0.228 e. The molecule has 0 bridgehead atoms. The number of hydrogen-bond acceptors (Lipinski definition) is 4. The minimum atomic E-state index is -0.390. The second-order valence-electron chi connectivity index (χ2n) is 4.80. The van der Waals surface area contributed by atoms with E-state index in [4.69, 9.17) is 13.9 Å². The zero-order valence-corrected chi connectivity index (χ0v) is 12.3. The largest absolute Gasteiger partial charge is 0.445 e. The van der Waals surface area contributed by atoms with Crippen LogP contribution in [-0.2, 0) is 9.47 Å². The van der Waals surface area contributed by atoms with Crippen LogP contribution in [-0.4, -0.2) is 18.9 Å². The first kappa shape index (κ1) is 14.5. The standard InChI is InChI=1S/C18H17NO3/c1-20-13-22-17(15-10-6-3-7-11-15)18-19-16(12-21-18)14-8-4-2-5-9-14/h2-12,17H,13H2,1H3. The molecular formula is C18H17NO3. The Morgan fingerprint density at radius 1 is 1.00 bits per heavy atom. The van der Waals surface area contributed by atoms with Crippen LogP contribution in [0.3, 0.4) is 0 Å². The van der Waals surface area contributed by atoms with Crippen LogP contribution in [0.4, 0.5) is 0 Å². The molecule has 0 saturated heterocycles. The second kappa shape index (κ2) is 7.02. The van der Waals surface area contributed by atoms with Crippen LogP contribution >= 0.6 is 0 Å². The molecule has 2 aromatic carbocycles. The molecule has 1 aromatic heterocycles. The van der Waals surface area contributed by atoms with Crippen molar-refractivity contribution in [3.63, 3.8) is 0 Å². The van der Waals surface area contributed by atoms with Gasteiger partial charge in [0, 0.05) is 12.7 Å². The molecule has 4 heteroatoms. The van der Waals surface area contributed by atoms with Gasteiger partial charge in [-0.1, -0.05) is 60.7 Å². The van der Waals surface area contributed by atoms with Crippen LogP contribution in [0.5, 0.6) is 0 Å². The number of benzene rings is 2. The lowest BCUT2D eigenvalue weighted by atomic mass is 10.1. The van der Waals surface area contributed by atoms with Gasteiger partial charge in [0.15, 0.2) is 6.10 Å². The molecule has 0 fully saturated rings. The van der Waals surface area contributed by atoms with Gasteiger partial charge in [0.25, 0.3) is 0 Å². The normalized spacial score (nSPS) is 12.2. The summed E-state index contributed by atoms with van der Waals surface area (Å²) in [6.07, 6.45) is 1.26. The van der Waals surface area contributed by atoms with Gasteiger partial charge in [0.2, 0.25) is 5.89 Å². The van der Waals surface area contributed by atoms with Gasteiger partial charge in [-0.2, -0.15) is 0 Å². The third-order valence-corrected chi connectivity index (χ3v) is 3.27. The van der Waals surface area contributed by atoms with Gasteiger partial charge < -0.3 is 13.9 Å². The van der Waals surface area contributed by atoms with Gasteiger partial charge in [0.05, 0.1) is 0 Å². The first-order valence-electron chi connectivity index (χ1n) is 7.05. The lowest BCUT2D eigenvalue weighted by molar-refractivity contribution is -0.0666. The maximum atomic E-state index is 5.73. The molecule has 22 heavy (non-hydrogen) atoms. The van der Waals surface area contributed by atoms with Crippen molar-refractivity contribution in [3.8, 4) is 11.3 Å². The SMILES string of the molecule is COCOC(c1ccccc1)c1nc(-c2ccccc2)co1. The van der Waals surface area contributed by atoms with Crippen LogP contribution in [0.25, 0.3) is 11.3 Å². The summed E-state index contributed by atoms with van der Waals surface area (Å²) < 4.78 is 16.4. The van der Waals surface area contributed by atoms with E-state index in [0.717, 1.165) is 16.8 Å². The highest BCUT2D eigenvalue weighted by atomic mass is 16.7. The van der Waals surface area contributed by atoms with E-state index in [0.29, 0.717) is 5.89 Å². The summed E-state index contributed by atoms with van der Waals surface area (Å²) in [5, 5.41) is 0. The summed E-state index contributed by atoms with van der Waals surface area (Å²) in [6.45, 7) is 0.169. The molecule has 112 valence electrons. The van der Waals surface area contributed by atoms with Crippen molar-refractivity contribution in [2.24, 2.45) is 0 Å². The van der Waals surface area contributed by atoms with Crippen LogP contribution < -0.4 is 0 Å². The maximum absolute atomic E-state index is 5.73. The Labute approximate surface area is 129 Å². The Balaban J connectivity index is 1.90. The summed E-state index contributed by atoms with van der Waals surface area (Å²) >= 11 is 0. The predicted octanol–water partition coefficient (Wildman–Crippen LogP) is 4.05. The predicted molar refractivity (Wildman–Crippen MR) is 83.2 cm³/mol. The quantitative estimate of drug-likeness (QED) is 0.643. The fourth-order valence-corrected chi connectivity index (χ4v) is 2.22. The molecule has 0 saturated carbocycles. The summed E-state index contributed by atoms with van der Waals surface area (Å²) in [7, 11) is 1.59. The number of oxazole rings is 1. The molecule has 1 atom stereocenters. The molecule has 0 spiro atoms. The minimum Gasteiger partial charge on any atom is -0.445 e. The van der Waals surface area contributed by atoms with Gasteiger partial charge in [-0.05, 0) is 5.56 Å². The molecule has 0 amide bonds. The number of aromatic nitrogens is 1. The Hall–Kier alpha value is -2.43. The molecule has 3 rings (SSSR count). The van der Waals surface area contributed by atoms with Crippen molar-refractivity contribution in [3.05, 3.63) is 78.4 Å². The lowest BCUT2D eigenvalue weighted by Gasteiger charge is -2.14. The fourth-order valence-electron chi connectivity index (χ4n) is 2.22. The van der Waals surface area contributed by atoms with E-state index in [1.807, 2.05) is 60.7 Å². The topological polar surface area (TPSA) is 44.5 Å². The van der Waals surface area contributed by atoms with Crippen molar-refractivity contribution in [2.75, 3.05) is 13.9 Å². The molecule has 0 aliphatic heterocycles. The van der Waals surface area contributed by atoms with Gasteiger partial charge in [-0.15, -0.1) is 0 Å². The average Bonchev–Trinajstić information content (AvgIpc) is 3.07. The van der Waals surface area contributed by atoms with Crippen molar-refractivity contribution < 1.29 is 13.9 Å². The first-order valence-corrected chi connectivity index (χ1v) is 7.05. The van der Waals surface area contributed by atoms with Crippen molar-refractivity contribution in [2.45, 2.75) is 6.10 Å². The molecule has 3 aromatic rings. The minimum absolute atomic E-state index is 0.169. The maximum Gasteiger partial charge on any atom is 0.228 e. The van der Waals surface area contributed by atoms with Crippen LogP contribution in [0.2, 0.25) is 0 Å². The van der Waals surface area contributed by atoms with E-state index in [2.05, 4.69) is 4.98 Å². The van der Waals surface area contributed by atoms with E-state index in [1.54, 1.807) is 13.4 Å². The summed E-state index contributed by atoms with van der Waals surface area (Å²) in [4.78, 5) is 4.56. The Morgan fingerprint density at radius 2 is 1.68 bits per heavy atom. The lowest BCUT2D eigenvalue weighted by Crippen LogP contribution is -2.08. The third-order valence-electron chi connectivity index (χ3n) is 3.27. The third kappa shape index (κ3) is 3.24. The molecule has 0 aliphatic carbocycles. The van der Waals surface area contributed by atoms with Crippen molar-refractivity contribution in [1.82, 2.24) is 4.98 Å². The highest BCUT2D eigenvalue weighted by molar-refractivity contribution is 5.57. The molecule has 0 N–H and O–H groups in total. The van der Waals surface area contributed by atoms with Crippen LogP contribution in [0.15, 0.2) is 71.3 Å². The molecule has 4 nitrogen and oxygen atoms in total. The number of nitrogens with zero attached hydrogens (tertiary/aromatic N) is 1. The zero-order valence-electron chi connectivity index (χ0n) is 12.3. The molecule has 1 heterocycles. The number of ether oxygens (including phenoxy) is 2. The summed E-state index contributed by atoms with van der Waals surface area (Å²) in [5.41, 5.74) is 2.77. The highest BCUT2D eigenvalue weighted by Crippen LogP contribution is 2.28. The number of methoxy groups -OCH3 is 1. The van der Waals surface area contributed by atoms with Crippen LogP contribution in [0, 0.1) is 0 Å². The highest BCUT2D eigenvalue weighted by Gasteiger charge is 2.20. The van der Waals surface area contributed by atoms with E-state index in [9.17, 15) is 0 Å². The monoisotopic (exact) mass is 295 g/mol. The Morgan fingerprint density at radius 3 is 2.36 bits per heavy atom. The van der Waals surface area contributed by atoms with E-state index in [-0.39, 0.29) is 6.79 Å². The van der Waals surface area contributed by atoms with Gasteiger partial charge >= 0.3 is 0 Å². The molecule has 0 radical (unpaired) electrons. The molecule has 1 unspecified atom stereocenters. The summed E-state index contributed by atoms with van der Waals surface area (Å²) in [5.74, 6) is 0.516. The molecule has 0 aliphatic rings. The average molecular weight is 295 g/mol. The first-order chi connectivity index (χ1) is 10.9. The van der Waals surface area contributed by atoms with E-state index >= 15 is 0 Å².